The molecule has 364 valence electrons. The maximum atomic E-state index is 14.1. The van der Waals surface area contributed by atoms with Crippen LogP contribution in [0.5, 0.6) is 11.5 Å². The van der Waals surface area contributed by atoms with Gasteiger partial charge in [0, 0.05) is 36.2 Å². The first-order chi connectivity index (χ1) is 33.9. The first-order valence-electron chi connectivity index (χ1n) is 23.6. The average Bonchev–Trinajstić information content (AvgIpc) is 3.92. The number of rotatable bonds is 20. The molecule has 0 bridgehead atoms. The number of anilines is 1. The Morgan fingerprint density at radius 3 is 1.94 bits per heavy atom. The van der Waals surface area contributed by atoms with Crippen molar-refractivity contribution in [1.82, 2.24) is 14.2 Å². The second-order valence-electron chi connectivity index (χ2n) is 17.8. The molecule has 1 saturated heterocycles. The number of benzene rings is 5. The molecule has 2 heterocycles. The Balaban J connectivity index is 1.10. The maximum absolute atomic E-state index is 14.1. The summed E-state index contributed by atoms with van der Waals surface area (Å²) in [5, 5.41) is 12.2. The number of nitrogens with one attached hydrogen (secondary N) is 1. The van der Waals surface area contributed by atoms with E-state index in [1.54, 1.807) is 27.3 Å². The van der Waals surface area contributed by atoms with Crippen molar-refractivity contribution in [3.8, 4) is 28.7 Å². The highest BCUT2D eigenvalue weighted by Crippen LogP contribution is 2.51. The molecule has 6 aromatic rings. The topological polar surface area (TPSA) is 156 Å². The van der Waals surface area contributed by atoms with Crippen molar-refractivity contribution in [2.75, 3.05) is 39.4 Å². The van der Waals surface area contributed by atoms with Crippen LogP contribution in [0.2, 0.25) is 0 Å². The van der Waals surface area contributed by atoms with Crippen molar-refractivity contribution in [3.63, 3.8) is 0 Å². The lowest BCUT2D eigenvalue weighted by molar-refractivity contribution is -0.0925. The minimum Gasteiger partial charge on any atom is -0.497 e. The molecule has 5 aromatic carbocycles. The van der Waals surface area contributed by atoms with Crippen LogP contribution in [-0.2, 0) is 28.9 Å². The van der Waals surface area contributed by atoms with Crippen LogP contribution >= 0.6 is 8.53 Å². The van der Waals surface area contributed by atoms with Crippen LogP contribution in [-0.4, -0.2) is 78.6 Å². The summed E-state index contributed by atoms with van der Waals surface area (Å²) in [5.41, 5.74) is 5.64. The van der Waals surface area contributed by atoms with Gasteiger partial charge in [0.15, 0.2) is 0 Å². The van der Waals surface area contributed by atoms with E-state index in [4.69, 9.17) is 32.7 Å². The number of fused-ring (bicyclic) bond motifs is 3. The number of methoxy groups -OCH3 is 2. The molecule has 2 aliphatic rings. The molecule has 0 radical (unpaired) electrons. The lowest BCUT2D eigenvalue weighted by Crippen LogP contribution is -2.39. The molecule has 1 aliphatic heterocycles. The zero-order valence-corrected chi connectivity index (χ0v) is 41.5. The van der Waals surface area contributed by atoms with Crippen LogP contribution in [0.1, 0.15) is 86.1 Å². The van der Waals surface area contributed by atoms with Crippen LogP contribution < -0.4 is 20.5 Å². The zero-order valence-electron chi connectivity index (χ0n) is 40.6. The Labute approximate surface area is 411 Å². The fourth-order valence-corrected chi connectivity index (χ4v) is 11.2. The fourth-order valence-electron chi connectivity index (χ4n) is 9.45. The monoisotopic (exact) mass is 965 g/mol. The van der Waals surface area contributed by atoms with Crippen molar-refractivity contribution >= 4 is 20.4 Å². The Bertz CT molecular complexity index is 2720. The summed E-state index contributed by atoms with van der Waals surface area (Å²) in [6, 6.07) is 44.0. The van der Waals surface area contributed by atoms with E-state index in [9.17, 15) is 14.9 Å². The molecular formula is C55H60N5O9P. The third-order valence-electron chi connectivity index (χ3n) is 12.7. The number of nitriles is 1. The quantitative estimate of drug-likeness (QED) is 0.0440. The van der Waals surface area contributed by atoms with E-state index in [2.05, 4.69) is 73.0 Å². The molecule has 0 spiro atoms. The van der Waals surface area contributed by atoms with E-state index < -0.39 is 44.3 Å². The van der Waals surface area contributed by atoms with Crippen LogP contribution in [0.25, 0.3) is 11.1 Å². The van der Waals surface area contributed by atoms with Gasteiger partial charge in [-0.25, -0.2) is 14.3 Å². The molecule has 1 aromatic heterocycles. The van der Waals surface area contributed by atoms with Gasteiger partial charge in [-0.1, -0.05) is 103 Å². The van der Waals surface area contributed by atoms with Gasteiger partial charge in [0.05, 0.1) is 46.0 Å². The van der Waals surface area contributed by atoms with Crippen LogP contribution in [0, 0.1) is 18.3 Å². The molecule has 1 aliphatic carbocycles. The molecule has 70 heavy (non-hydrogen) atoms. The highest BCUT2D eigenvalue weighted by molar-refractivity contribution is 7.44. The third kappa shape index (κ3) is 10.7. The summed E-state index contributed by atoms with van der Waals surface area (Å²) in [7, 11) is 1.52. The molecule has 1 N–H and O–H groups in total. The minimum atomic E-state index is -1.73. The van der Waals surface area contributed by atoms with Crippen molar-refractivity contribution in [2.45, 2.75) is 89.5 Å². The molecule has 1 fully saturated rings. The van der Waals surface area contributed by atoms with Gasteiger partial charge in [0.25, 0.3) is 8.53 Å². The van der Waals surface area contributed by atoms with Gasteiger partial charge in [-0.2, -0.15) is 10.2 Å². The van der Waals surface area contributed by atoms with Gasteiger partial charge in [0.2, 0.25) is 0 Å². The summed E-state index contributed by atoms with van der Waals surface area (Å²) < 4.78 is 48.1. The highest BCUT2D eigenvalue weighted by Gasteiger charge is 2.45. The number of nitrogens with zero attached hydrogens (tertiary/aromatic N) is 4. The van der Waals surface area contributed by atoms with E-state index in [-0.39, 0.29) is 56.5 Å². The smallest absolute Gasteiger partial charge is 0.412 e. The first kappa shape index (κ1) is 50.0. The Hall–Kier alpha value is -6.43. The molecule has 14 nitrogen and oxygen atoms in total. The van der Waals surface area contributed by atoms with Gasteiger partial charge >= 0.3 is 11.8 Å². The average molecular weight is 966 g/mol. The molecule has 0 saturated carbocycles. The van der Waals surface area contributed by atoms with E-state index in [1.165, 1.54) is 4.57 Å². The molecule has 8 rings (SSSR count). The van der Waals surface area contributed by atoms with Gasteiger partial charge in [0.1, 0.15) is 41.9 Å². The van der Waals surface area contributed by atoms with E-state index in [0.29, 0.717) is 17.1 Å². The number of aromatic nitrogens is 2. The summed E-state index contributed by atoms with van der Waals surface area (Å²) in [6.07, 6.45) is -0.951. The van der Waals surface area contributed by atoms with Gasteiger partial charge in [-0.15, -0.1) is 0 Å². The molecular weight excluding hydrogens is 906 g/mol. The van der Waals surface area contributed by atoms with Crippen LogP contribution in [0.4, 0.5) is 10.6 Å². The van der Waals surface area contributed by atoms with Crippen molar-refractivity contribution in [2.24, 2.45) is 0 Å². The van der Waals surface area contributed by atoms with Gasteiger partial charge in [-0.05, 0) is 97.8 Å². The number of amides is 1. The standard InChI is InChI=1S/C55H60N5O9P/c1-36(2)60(37(3)4)70(67-31-15-30-56)69-49-32-51(59-33-38(5)52(57-53(59)61)58-54(62)65-34-48-46-20-13-11-18-44(46)45-19-12-14-21-47(45)48)68-50(49)35-66-55(39-16-9-8-10-17-39,40-22-26-42(63-6)27-23-40)41-24-28-43(64-7)29-25-41/h8-14,16-29,33,36-37,48-51H,15,31-32,34-35H2,1-7H3,(H,57,58,61,62)/t49?,50-,51-,70?/m1/s1. The Morgan fingerprint density at radius 2 is 1.39 bits per heavy atom. The van der Waals surface area contributed by atoms with E-state index >= 15 is 0 Å². The summed E-state index contributed by atoms with van der Waals surface area (Å²) in [4.78, 5) is 31.8. The normalized spacial score (nSPS) is 17.0. The number of hydrogen-bond donors (Lipinski definition) is 1. The van der Waals surface area contributed by atoms with Gasteiger partial charge < -0.3 is 32.7 Å². The Kier molecular flexibility index (Phi) is 16.1. The summed E-state index contributed by atoms with van der Waals surface area (Å²) >= 11 is 0. The predicted molar refractivity (Wildman–Crippen MR) is 269 cm³/mol. The highest BCUT2D eigenvalue weighted by atomic mass is 31.2. The molecule has 4 atom stereocenters. The zero-order chi connectivity index (χ0) is 49.4. The second-order valence-corrected chi connectivity index (χ2v) is 19.2. The number of hydrogen-bond acceptors (Lipinski definition) is 12. The number of ether oxygens (including phenoxy) is 5. The number of aryl methyl sites for hydroxylation is 1. The predicted octanol–water partition coefficient (Wildman–Crippen LogP) is 10.9. The van der Waals surface area contributed by atoms with Crippen molar-refractivity contribution in [3.05, 3.63) is 177 Å². The molecule has 2 unspecified atom stereocenters. The first-order valence-corrected chi connectivity index (χ1v) is 24.7. The van der Waals surface area contributed by atoms with Gasteiger partial charge in [-0.3, -0.25) is 9.88 Å². The second kappa shape index (κ2) is 22.5. The summed E-state index contributed by atoms with van der Waals surface area (Å²) in [5.74, 6) is 1.32. The lowest BCUT2D eigenvalue weighted by atomic mass is 9.80. The lowest BCUT2D eigenvalue weighted by Gasteiger charge is -2.39. The third-order valence-corrected chi connectivity index (χ3v) is 14.9. The summed E-state index contributed by atoms with van der Waals surface area (Å²) in [6.45, 7) is 10.3. The van der Waals surface area contributed by atoms with E-state index in [0.717, 1.165) is 38.9 Å². The van der Waals surface area contributed by atoms with Crippen LogP contribution in [0.3, 0.4) is 0 Å². The molecule has 15 heteroatoms. The number of carbonyl (C=O) groups excluding carboxylic acids is 1. The largest absolute Gasteiger partial charge is 0.497 e. The SMILES string of the molecule is COc1ccc(C(OC[C@H]2O[C@@H](n3cc(C)c(NC(=O)OCC4c5ccccc5-c5ccccc54)nc3=O)CC2OP(OCCC#N)N(C(C)C)C(C)C)(c2ccccc2)c2ccc(OC)cc2)cc1. The maximum Gasteiger partial charge on any atom is 0.412 e. The van der Waals surface area contributed by atoms with E-state index in [1.807, 2.05) is 103 Å². The Morgan fingerprint density at radius 1 is 0.829 bits per heavy atom. The minimum absolute atomic E-state index is 0.00142. The van der Waals surface area contributed by atoms with Crippen LogP contribution in [0.15, 0.2) is 138 Å². The fraction of sp³-hybridized carbons (Fsp3) is 0.345. The van der Waals surface area contributed by atoms with Crippen molar-refractivity contribution in [1.29, 1.82) is 5.26 Å². The molecule has 1 amide bonds. The van der Waals surface area contributed by atoms with Crippen molar-refractivity contribution < 1.29 is 37.5 Å². The number of carbonyl (C=O) groups is 1.